The summed E-state index contributed by atoms with van der Waals surface area (Å²) in [6.45, 7) is 3.91. The SMILES string of the molecule is C[C@@H]1CCCN(C[C@@H](O)c2ccc(Br)cc2)[C@@H]1CO. The van der Waals surface area contributed by atoms with Gasteiger partial charge >= 0.3 is 0 Å². The second-order valence-corrected chi connectivity index (χ2v) is 6.35. The molecule has 0 spiro atoms. The first kappa shape index (κ1) is 15.0. The molecule has 1 saturated heterocycles. The maximum absolute atomic E-state index is 10.3. The van der Waals surface area contributed by atoms with Gasteiger partial charge < -0.3 is 10.2 Å². The highest BCUT2D eigenvalue weighted by atomic mass is 79.9. The molecular formula is C15H22BrNO2. The van der Waals surface area contributed by atoms with Crippen LogP contribution in [0.2, 0.25) is 0 Å². The zero-order valence-electron chi connectivity index (χ0n) is 11.3. The Morgan fingerprint density at radius 3 is 2.68 bits per heavy atom. The van der Waals surface area contributed by atoms with Crippen molar-refractivity contribution in [1.29, 1.82) is 0 Å². The molecule has 3 nitrogen and oxygen atoms in total. The lowest BCUT2D eigenvalue weighted by Crippen LogP contribution is -2.48. The Kier molecular flexibility index (Phi) is 5.39. The summed E-state index contributed by atoms with van der Waals surface area (Å²) in [6.07, 6.45) is 1.81. The van der Waals surface area contributed by atoms with Crippen LogP contribution >= 0.6 is 15.9 Å². The highest BCUT2D eigenvalue weighted by Gasteiger charge is 2.29. The van der Waals surface area contributed by atoms with Crippen LogP contribution in [-0.4, -0.2) is 40.9 Å². The van der Waals surface area contributed by atoms with Crippen molar-refractivity contribution in [2.75, 3.05) is 19.7 Å². The Balaban J connectivity index is 2.00. The van der Waals surface area contributed by atoms with Crippen LogP contribution in [0.25, 0.3) is 0 Å². The van der Waals surface area contributed by atoms with Gasteiger partial charge in [-0.1, -0.05) is 35.0 Å². The van der Waals surface area contributed by atoms with Crippen molar-refractivity contribution >= 4 is 15.9 Å². The highest BCUT2D eigenvalue weighted by Crippen LogP contribution is 2.26. The van der Waals surface area contributed by atoms with E-state index >= 15 is 0 Å². The van der Waals surface area contributed by atoms with Crippen LogP contribution < -0.4 is 0 Å². The average Bonchev–Trinajstić information content (AvgIpc) is 2.39. The van der Waals surface area contributed by atoms with Crippen molar-refractivity contribution in [1.82, 2.24) is 4.90 Å². The summed E-state index contributed by atoms with van der Waals surface area (Å²) in [7, 11) is 0. The van der Waals surface area contributed by atoms with E-state index in [9.17, 15) is 10.2 Å². The predicted octanol–water partition coefficient (Wildman–Crippen LogP) is 2.58. The summed E-state index contributed by atoms with van der Waals surface area (Å²) in [5, 5.41) is 19.8. The van der Waals surface area contributed by atoms with Crippen molar-refractivity contribution in [2.45, 2.75) is 31.9 Å². The zero-order valence-corrected chi connectivity index (χ0v) is 12.9. The van der Waals surface area contributed by atoms with Crippen LogP contribution in [0, 0.1) is 5.92 Å². The number of hydrogen-bond acceptors (Lipinski definition) is 3. The molecule has 106 valence electrons. The van der Waals surface area contributed by atoms with Crippen LogP contribution in [0.4, 0.5) is 0 Å². The summed E-state index contributed by atoms with van der Waals surface area (Å²) in [6, 6.07) is 7.95. The fourth-order valence-electron chi connectivity index (χ4n) is 2.87. The van der Waals surface area contributed by atoms with E-state index in [-0.39, 0.29) is 12.6 Å². The lowest BCUT2D eigenvalue weighted by molar-refractivity contribution is 0.0166. The van der Waals surface area contributed by atoms with E-state index in [1.807, 2.05) is 24.3 Å². The summed E-state index contributed by atoms with van der Waals surface area (Å²) in [5.74, 6) is 0.496. The Morgan fingerprint density at radius 1 is 1.37 bits per heavy atom. The molecule has 0 aliphatic carbocycles. The standard InChI is InChI=1S/C15H22BrNO2/c1-11-3-2-8-17(14(11)10-18)9-15(19)12-4-6-13(16)7-5-12/h4-7,11,14-15,18-19H,2-3,8-10H2,1H3/t11-,14-,15-/m1/s1. The van der Waals surface area contributed by atoms with Crippen molar-refractivity contribution in [3.63, 3.8) is 0 Å². The number of aliphatic hydroxyl groups excluding tert-OH is 2. The van der Waals surface area contributed by atoms with Crippen LogP contribution in [0.15, 0.2) is 28.7 Å². The molecule has 0 radical (unpaired) electrons. The minimum Gasteiger partial charge on any atom is -0.395 e. The van der Waals surface area contributed by atoms with E-state index in [4.69, 9.17) is 0 Å². The molecule has 0 unspecified atom stereocenters. The molecule has 2 N–H and O–H groups in total. The highest BCUT2D eigenvalue weighted by molar-refractivity contribution is 9.10. The summed E-state index contributed by atoms with van der Waals surface area (Å²) < 4.78 is 1.02. The van der Waals surface area contributed by atoms with Gasteiger partial charge in [0.25, 0.3) is 0 Å². The molecule has 2 rings (SSSR count). The monoisotopic (exact) mass is 327 g/mol. The second-order valence-electron chi connectivity index (χ2n) is 5.43. The van der Waals surface area contributed by atoms with Gasteiger partial charge in [0.05, 0.1) is 12.7 Å². The van der Waals surface area contributed by atoms with Gasteiger partial charge in [-0.05, 0) is 43.0 Å². The molecule has 4 heteroatoms. The van der Waals surface area contributed by atoms with Crippen molar-refractivity contribution in [2.24, 2.45) is 5.92 Å². The Hall–Kier alpha value is -0.420. The molecule has 1 heterocycles. The lowest BCUT2D eigenvalue weighted by atomic mass is 9.90. The second kappa shape index (κ2) is 6.84. The van der Waals surface area contributed by atoms with Gasteiger partial charge in [0.1, 0.15) is 0 Å². The molecule has 3 atom stereocenters. The number of piperidine rings is 1. The molecule has 1 aliphatic rings. The number of halogens is 1. The first-order valence-electron chi connectivity index (χ1n) is 6.90. The van der Waals surface area contributed by atoms with Crippen LogP contribution in [0.1, 0.15) is 31.4 Å². The molecule has 0 amide bonds. The zero-order chi connectivity index (χ0) is 13.8. The maximum atomic E-state index is 10.3. The van der Waals surface area contributed by atoms with E-state index in [2.05, 4.69) is 27.8 Å². The molecular weight excluding hydrogens is 306 g/mol. The number of β-amino-alcohol motifs (C(OH)–C–C–N with tert-alkyl or cyclic N) is 1. The van der Waals surface area contributed by atoms with Crippen LogP contribution in [-0.2, 0) is 0 Å². The van der Waals surface area contributed by atoms with Gasteiger partial charge in [0.15, 0.2) is 0 Å². The van der Waals surface area contributed by atoms with Gasteiger partial charge in [0, 0.05) is 17.1 Å². The molecule has 0 bridgehead atoms. The molecule has 0 saturated carbocycles. The quantitative estimate of drug-likeness (QED) is 0.893. The number of nitrogens with zero attached hydrogens (tertiary/aromatic N) is 1. The smallest absolute Gasteiger partial charge is 0.0917 e. The summed E-state index contributed by atoms with van der Waals surface area (Å²) in [4.78, 5) is 2.22. The molecule has 1 aromatic rings. The normalized spacial score (nSPS) is 26.3. The first-order chi connectivity index (χ1) is 9.11. The molecule has 0 aromatic heterocycles. The number of rotatable bonds is 4. The molecule has 1 fully saturated rings. The largest absolute Gasteiger partial charge is 0.395 e. The maximum Gasteiger partial charge on any atom is 0.0917 e. The summed E-state index contributed by atoms with van der Waals surface area (Å²) >= 11 is 3.40. The van der Waals surface area contributed by atoms with Crippen LogP contribution in [0.5, 0.6) is 0 Å². The van der Waals surface area contributed by atoms with E-state index in [0.29, 0.717) is 12.5 Å². The number of hydrogen-bond donors (Lipinski definition) is 2. The lowest BCUT2D eigenvalue weighted by Gasteiger charge is -2.40. The van der Waals surface area contributed by atoms with Gasteiger partial charge in [0.2, 0.25) is 0 Å². The van der Waals surface area contributed by atoms with E-state index < -0.39 is 6.10 Å². The van der Waals surface area contributed by atoms with Gasteiger partial charge in [-0.25, -0.2) is 0 Å². The number of likely N-dealkylation sites (tertiary alicyclic amines) is 1. The Morgan fingerprint density at radius 2 is 2.05 bits per heavy atom. The Labute approximate surface area is 123 Å². The topological polar surface area (TPSA) is 43.7 Å². The van der Waals surface area contributed by atoms with Gasteiger partial charge in [-0.15, -0.1) is 0 Å². The molecule has 1 aliphatic heterocycles. The van der Waals surface area contributed by atoms with E-state index in [0.717, 1.165) is 29.4 Å². The third kappa shape index (κ3) is 3.78. The van der Waals surface area contributed by atoms with Crippen LogP contribution in [0.3, 0.4) is 0 Å². The fraction of sp³-hybridized carbons (Fsp3) is 0.600. The van der Waals surface area contributed by atoms with Gasteiger partial charge in [-0.2, -0.15) is 0 Å². The van der Waals surface area contributed by atoms with Gasteiger partial charge in [-0.3, -0.25) is 4.90 Å². The van der Waals surface area contributed by atoms with E-state index in [1.165, 1.54) is 0 Å². The van der Waals surface area contributed by atoms with Crippen molar-refractivity contribution in [3.8, 4) is 0 Å². The minimum atomic E-state index is -0.493. The van der Waals surface area contributed by atoms with Crippen molar-refractivity contribution in [3.05, 3.63) is 34.3 Å². The first-order valence-corrected chi connectivity index (χ1v) is 7.69. The predicted molar refractivity (Wildman–Crippen MR) is 79.9 cm³/mol. The number of benzene rings is 1. The molecule has 19 heavy (non-hydrogen) atoms. The third-order valence-corrected chi connectivity index (χ3v) is 4.61. The third-order valence-electron chi connectivity index (χ3n) is 4.08. The minimum absolute atomic E-state index is 0.175. The van der Waals surface area contributed by atoms with E-state index in [1.54, 1.807) is 0 Å². The summed E-state index contributed by atoms with van der Waals surface area (Å²) in [5.41, 5.74) is 0.929. The molecule has 1 aromatic carbocycles. The van der Waals surface area contributed by atoms with Crippen molar-refractivity contribution < 1.29 is 10.2 Å². The number of aliphatic hydroxyl groups is 2. The average molecular weight is 328 g/mol. The fourth-order valence-corrected chi connectivity index (χ4v) is 3.13. The Bertz CT molecular complexity index is 396.